The molecule has 0 radical (unpaired) electrons. The van der Waals surface area contributed by atoms with Crippen molar-refractivity contribution in [3.05, 3.63) is 29.3 Å². The van der Waals surface area contributed by atoms with Crippen LogP contribution in [-0.2, 0) is 16.0 Å². The summed E-state index contributed by atoms with van der Waals surface area (Å²) in [6.45, 7) is 1.10. The van der Waals surface area contributed by atoms with Gasteiger partial charge >= 0.3 is 0 Å². The second kappa shape index (κ2) is 7.57. The summed E-state index contributed by atoms with van der Waals surface area (Å²) in [6.07, 6.45) is 4.35. The number of H-pyrrole nitrogens is 1. The number of fused-ring (bicyclic) bond motifs is 4. The van der Waals surface area contributed by atoms with E-state index in [9.17, 15) is 14.9 Å². The van der Waals surface area contributed by atoms with E-state index in [-0.39, 0.29) is 42.0 Å². The zero-order valence-electron chi connectivity index (χ0n) is 19.2. The van der Waals surface area contributed by atoms with Crippen LogP contribution in [0.3, 0.4) is 0 Å². The second-order valence-corrected chi connectivity index (χ2v) is 10.6. The number of aromatic amines is 1. The topological polar surface area (TPSA) is 148 Å². The van der Waals surface area contributed by atoms with Crippen molar-refractivity contribution in [3.8, 4) is 17.5 Å². The Hall–Kier alpha value is -3.36. The molecule has 2 amide bonds. The summed E-state index contributed by atoms with van der Waals surface area (Å²) < 4.78 is 0. The number of nitrogens with one attached hydrogen (secondary N) is 1. The van der Waals surface area contributed by atoms with Gasteiger partial charge in [-0.05, 0) is 65.6 Å². The number of benzene rings is 1. The van der Waals surface area contributed by atoms with E-state index < -0.39 is 6.04 Å². The van der Waals surface area contributed by atoms with E-state index in [0.29, 0.717) is 18.3 Å². The molecule has 4 fully saturated rings. The molecular weight excluding hydrogens is 446 g/mol. The molecule has 1 aromatic heterocycles. The van der Waals surface area contributed by atoms with Crippen LogP contribution in [0.5, 0.6) is 0 Å². The van der Waals surface area contributed by atoms with Crippen molar-refractivity contribution >= 4 is 11.8 Å². The highest BCUT2D eigenvalue weighted by Crippen LogP contribution is 2.48. The standard InChI is InChI=1S/C24H27N9O2/c25-9-15-6-14-7-20(14)32(15)23(34)18(26)11-31-10-16-8-21(31)24(35)33(16)19-4-2-12-5-13(1-3-17(12)19)22-27-29-30-28-22/h1,3,5,14-16,18-21H,2,4,6-8,10-11,26H2,(H,27,28,29,30)/t14-,15+,16?,18+,19+,20+,21+/m1/s1. The SMILES string of the molecule is N#C[C@@H]1C[C@@H]2C[C@@H]2N1C(=O)[C@@H](N)CN1CC2C[C@H]1C(=O)N2[C@H]1CCc2cc(-c3nnn[nH]3)ccc21. The van der Waals surface area contributed by atoms with Crippen molar-refractivity contribution in [3.63, 3.8) is 0 Å². The van der Waals surface area contributed by atoms with Gasteiger partial charge in [0.1, 0.15) is 6.04 Å². The second-order valence-electron chi connectivity index (χ2n) is 10.6. The van der Waals surface area contributed by atoms with Gasteiger partial charge in [-0.1, -0.05) is 12.1 Å². The average molecular weight is 474 g/mol. The smallest absolute Gasteiger partial charge is 0.242 e. The minimum Gasteiger partial charge on any atom is -0.330 e. The number of aryl methyl sites for hydroxylation is 1. The Morgan fingerprint density at radius 1 is 1.29 bits per heavy atom. The Kier molecular flexibility index (Phi) is 4.53. The molecule has 3 aliphatic heterocycles. The lowest BCUT2D eigenvalue weighted by Gasteiger charge is -2.38. The van der Waals surface area contributed by atoms with Gasteiger partial charge in [0, 0.05) is 30.7 Å². The van der Waals surface area contributed by atoms with Crippen molar-refractivity contribution in [1.82, 2.24) is 35.3 Å². The van der Waals surface area contributed by atoms with E-state index in [1.807, 2.05) is 6.07 Å². The summed E-state index contributed by atoms with van der Waals surface area (Å²) in [6, 6.07) is 7.61. The molecule has 7 atom stereocenters. The number of nitriles is 1. The molecule has 3 N–H and O–H groups in total. The van der Waals surface area contributed by atoms with E-state index in [2.05, 4.69) is 48.6 Å². The van der Waals surface area contributed by atoms with Gasteiger partial charge in [-0.2, -0.15) is 5.26 Å². The number of tetrazole rings is 1. The first kappa shape index (κ1) is 21.0. The molecule has 11 heteroatoms. The van der Waals surface area contributed by atoms with Crippen molar-refractivity contribution < 1.29 is 9.59 Å². The van der Waals surface area contributed by atoms with Crippen LogP contribution in [0.25, 0.3) is 11.4 Å². The van der Waals surface area contributed by atoms with Crippen LogP contribution in [0.15, 0.2) is 18.2 Å². The Morgan fingerprint density at radius 2 is 2.17 bits per heavy atom. The van der Waals surface area contributed by atoms with Crippen LogP contribution >= 0.6 is 0 Å². The van der Waals surface area contributed by atoms with Gasteiger partial charge in [-0.3, -0.25) is 14.5 Å². The maximum Gasteiger partial charge on any atom is 0.242 e. The third kappa shape index (κ3) is 3.13. The Balaban J connectivity index is 1.03. The molecule has 3 saturated heterocycles. The summed E-state index contributed by atoms with van der Waals surface area (Å²) in [4.78, 5) is 32.4. The van der Waals surface area contributed by atoms with Crippen LogP contribution in [0.1, 0.15) is 42.9 Å². The van der Waals surface area contributed by atoms with E-state index in [4.69, 9.17) is 5.73 Å². The van der Waals surface area contributed by atoms with Crippen LogP contribution in [0, 0.1) is 17.2 Å². The summed E-state index contributed by atoms with van der Waals surface area (Å²) >= 11 is 0. The highest BCUT2D eigenvalue weighted by molar-refractivity contribution is 5.87. The number of likely N-dealkylation sites (tertiary alicyclic amines) is 3. The monoisotopic (exact) mass is 473 g/mol. The van der Waals surface area contributed by atoms with E-state index in [1.54, 1.807) is 4.90 Å². The van der Waals surface area contributed by atoms with Gasteiger partial charge in [0.2, 0.25) is 11.8 Å². The molecule has 2 aromatic rings. The molecule has 0 spiro atoms. The molecule has 7 rings (SSSR count). The van der Waals surface area contributed by atoms with Crippen LogP contribution in [-0.4, -0.2) is 90.4 Å². The Bertz CT molecular complexity index is 1240. The first-order valence-electron chi connectivity index (χ1n) is 12.4. The fraction of sp³-hybridized carbons (Fsp3) is 0.583. The highest BCUT2D eigenvalue weighted by atomic mass is 16.2. The molecule has 4 heterocycles. The number of carbonyl (C=O) groups excluding carboxylic acids is 2. The number of nitrogens with zero attached hydrogens (tertiary/aromatic N) is 7. The normalized spacial score (nSPS) is 33.7. The van der Waals surface area contributed by atoms with Crippen molar-refractivity contribution in [1.29, 1.82) is 5.26 Å². The predicted octanol–water partition coefficient (Wildman–Crippen LogP) is -0.0206. The summed E-state index contributed by atoms with van der Waals surface area (Å²) in [5, 5.41) is 23.5. The Labute approximate surface area is 202 Å². The number of hydrogen-bond acceptors (Lipinski definition) is 8. The number of rotatable bonds is 5. The third-order valence-corrected chi connectivity index (χ3v) is 8.71. The fourth-order valence-electron chi connectivity index (χ4n) is 7.02. The van der Waals surface area contributed by atoms with Gasteiger partial charge in [0.15, 0.2) is 5.82 Å². The lowest BCUT2D eigenvalue weighted by Crippen LogP contribution is -2.57. The molecule has 1 saturated carbocycles. The molecule has 180 valence electrons. The third-order valence-electron chi connectivity index (χ3n) is 8.71. The maximum atomic E-state index is 13.5. The van der Waals surface area contributed by atoms with Crippen molar-refractivity contribution in [2.75, 3.05) is 13.1 Å². The quantitative estimate of drug-likeness (QED) is 0.616. The number of piperazine rings is 1. The van der Waals surface area contributed by atoms with Gasteiger partial charge in [-0.25, -0.2) is 5.10 Å². The molecule has 2 bridgehead atoms. The summed E-state index contributed by atoms with van der Waals surface area (Å²) in [5.74, 6) is 1.10. The van der Waals surface area contributed by atoms with Crippen LogP contribution in [0.4, 0.5) is 0 Å². The summed E-state index contributed by atoms with van der Waals surface area (Å²) in [7, 11) is 0. The number of piperidine rings is 1. The van der Waals surface area contributed by atoms with E-state index in [0.717, 1.165) is 44.2 Å². The van der Waals surface area contributed by atoms with E-state index >= 15 is 0 Å². The van der Waals surface area contributed by atoms with Gasteiger partial charge < -0.3 is 15.5 Å². The zero-order valence-corrected chi connectivity index (χ0v) is 19.2. The minimum absolute atomic E-state index is 0.0830. The fourth-order valence-corrected chi connectivity index (χ4v) is 7.02. The van der Waals surface area contributed by atoms with Crippen LogP contribution < -0.4 is 5.73 Å². The maximum absolute atomic E-state index is 13.5. The molecule has 5 aliphatic rings. The number of amides is 2. The average Bonchev–Trinajstić information content (AvgIpc) is 3.43. The van der Waals surface area contributed by atoms with Gasteiger partial charge in [0.05, 0.1) is 24.2 Å². The first-order chi connectivity index (χ1) is 17.0. The molecule has 1 unspecified atom stereocenters. The molecular formula is C24H27N9O2. The Morgan fingerprint density at radius 3 is 2.94 bits per heavy atom. The largest absolute Gasteiger partial charge is 0.330 e. The molecule has 2 aliphatic carbocycles. The van der Waals surface area contributed by atoms with Gasteiger partial charge in [0.25, 0.3) is 0 Å². The summed E-state index contributed by atoms with van der Waals surface area (Å²) in [5.41, 5.74) is 9.73. The number of aromatic nitrogens is 4. The number of carbonyl (C=O) groups is 2. The number of nitrogens with two attached hydrogens (primary N) is 1. The highest BCUT2D eigenvalue weighted by Gasteiger charge is 2.56. The minimum atomic E-state index is -0.706. The zero-order chi connectivity index (χ0) is 23.8. The number of hydrogen-bond donors (Lipinski definition) is 2. The lowest BCUT2D eigenvalue weighted by molar-refractivity contribution is -0.141. The molecule has 1 aromatic carbocycles. The molecule has 11 nitrogen and oxygen atoms in total. The van der Waals surface area contributed by atoms with Gasteiger partial charge in [-0.15, -0.1) is 5.10 Å². The molecule has 35 heavy (non-hydrogen) atoms. The van der Waals surface area contributed by atoms with Crippen LogP contribution in [0.2, 0.25) is 0 Å². The lowest BCUT2D eigenvalue weighted by atomic mass is 10.0. The van der Waals surface area contributed by atoms with Crippen molar-refractivity contribution in [2.45, 2.75) is 68.4 Å². The van der Waals surface area contributed by atoms with Crippen molar-refractivity contribution in [2.24, 2.45) is 11.7 Å². The first-order valence-corrected chi connectivity index (χ1v) is 12.4. The van der Waals surface area contributed by atoms with E-state index in [1.165, 1.54) is 11.1 Å². The predicted molar refractivity (Wildman–Crippen MR) is 122 cm³/mol.